The van der Waals surface area contributed by atoms with Gasteiger partial charge in [0.05, 0.1) is 18.9 Å². The van der Waals surface area contributed by atoms with Crippen molar-refractivity contribution in [1.82, 2.24) is 9.78 Å². The zero-order valence-electron chi connectivity index (χ0n) is 11.7. The zero-order chi connectivity index (χ0) is 15.4. The average molecular weight is 311 g/mol. The van der Waals surface area contributed by atoms with Crippen LogP contribution in [0.4, 0.5) is 0 Å². The topological polar surface area (TPSA) is 73.6 Å². The van der Waals surface area contributed by atoms with Crippen LogP contribution in [0.2, 0.25) is 5.15 Å². The van der Waals surface area contributed by atoms with Crippen LogP contribution in [-0.4, -0.2) is 34.6 Å². The minimum absolute atomic E-state index is 0.0405. The highest BCUT2D eigenvalue weighted by atomic mass is 35.5. The molecule has 0 aliphatic heterocycles. The summed E-state index contributed by atoms with van der Waals surface area (Å²) < 4.78 is 11.7. The van der Waals surface area contributed by atoms with Crippen molar-refractivity contribution in [1.29, 1.82) is 0 Å². The Morgan fingerprint density at radius 3 is 2.57 bits per heavy atom. The van der Waals surface area contributed by atoms with Crippen molar-refractivity contribution in [2.45, 2.75) is 13.5 Å². The van der Waals surface area contributed by atoms with Crippen molar-refractivity contribution in [3.63, 3.8) is 0 Å². The first kappa shape index (κ1) is 15.3. The van der Waals surface area contributed by atoms with E-state index in [0.29, 0.717) is 12.3 Å². The largest absolute Gasteiger partial charge is 0.494 e. The fourth-order valence-electron chi connectivity index (χ4n) is 1.91. The molecular formula is C14H15ClN2O4. The molecule has 21 heavy (non-hydrogen) atoms. The number of methoxy groups -OCH3 is 1. The summed E-state index contributed by atoms with van der Waals surface area (Å²) in [5.74, 6) is -0.413. The van der Waals surface area contributed by atoms with Crippen LogP contribution in [0.1, 0.15) is 23.0 Å². The van der Waals surface area contributed by atoms with Gasteiger partial charge in [-0.25, -0.2) is 9.48 Å². The van der Waals surface area contributed by atoms with Crippen molar-refractivity contribution in [3.05, 3.63) is 40.7 Å². The highest BCUT2D eigenvalue weighted by Gasteiger charge is 2.22. The Labute approximate surface area is 126 Å². The van der Waals surface area contributed by atoms with Crippen LogP contribution in [-0.2, 0) is 11.3 Å². The lowest BCUT2D eigenvalue weighted by atomic mass is 10.2. The Hall–Kier alpha value is -2.05. The first-order valence-electron chi connectivity index (χ1n) is 6.31. The van der Waals surface area contributed by atoms with E-state index in [1.165, 1.54) is 11.8 Å². The molecule has 2 rings (SSSR count). The zero-order valence-corrected chi connectivity index (χ0v) is 12.4. The number of rotatable bonds is 6. The maximum atomic E-state index is 11.3. The lowest BCUT2D eigenvalue weighted by Crippen LogP contribution is -2.01. The Balaban J connectivity index is 2.43. The quantitative estimate of drug-likeness (QED) is 0.888. The van der Waals surface area contributed by atoms with E-state index in [4.69, 9.17) is 21.1 Å². The van der Waals surface area contributed by atoms with Gasteiger partial charge >= 0.3 is 5.97 Å². The van der Waals surface area contributed by atoms with E-state index < -0.39 is 5.97 Å². The molecule has 0 amide bonds. The highest BCUT2D eigenvalue weighted by Crippen LogP contribution is 2.25. The van der Waals surface area contributed by atoms with Crippen LogP contribution >= 0.6 is 11.6 Å². The molecule has 2 aromatic rings. The second-order valence-corrected chi connectivity index (χ2v) is 4.55. The Morgan fingerprint density at radius 1 is 1.38 bits per heavy atom. The van der Waals surface area contributed by atoms with Gasteiger partial charge in [0.2, 0.25) is 0 Å². The molecule has 0 saturated carbocycles. The van der Waals surface area contributed by atoms with Gasteiger partial charge in [-0.05, 0) is 31.2 Å². The van der Waals surface area contributed by atoms with E-state index in [1.807, 2.05) is 6.92 Å². The molecule has 1 aromatic heterocycles. The monoisotopic (exact) mass is 310 g/mol. The molecular weight excluding hydrogens is 296 g/mol. The number of carboxylic acids is 1. The molecule has 7 heteroatoms. The summed E-state index contributed by atoms with van der Waals surface area (Å²) in [6.07, 6.45) is 0. The molecule has 0 atom stereocenters. The summed E-state index contributed by atoms with van der Waals surface area (Å²) >= 11 is 6.13. The van der Waals surface area contributed by atoms with Gasteiger partial charge in [-0.2, -0.15) is 5.10 Å². The molecule has 6 nitrogen and oxygen atoms in total. The third-order valence-corrected chi connectivity index (χ3v) is 3.14. The molecule has 0 fully saturated rings. The van der Waals surface area contributed by atoms with E-state index in [1.54, 1.807) is 24.3 Å². The van der Waals surface area contributed by atoms with E-state index in [2.05, 4.69) is 5.10 Å². The fourth-order valence-corrected chi connectivity index (χ4v) is 2.24. The van der Waals surface area contributed by atoms with Crippen LogP contribution in [0.25, 0.3) is 5.69 Å². The molecule has 0 aliphatic rings. The van der Waals surface area contributed by atoms with Crippen molar-refractivity contribution >= 4 is 17.6 Å². The van der Waals surface area contributed by atoms with Gasteiger partial charge in [0, 0.05) is 7.11 Å². The number of hydrogen-bond acceptors (Lipinski definition) is 4. The van der Waals surface area contributed by atoms with Crippen molar-refractivity contribution in [3.8, 4) is 11.4 Å². The number of carbonyl (C=O) groups is 1. The lowest BCUT2D eigenvalue weighted by molar-refractivity contribution is 0.0692. The molecule has 112 valence electrons. The van der Waals surface area contributed by atoms with E-state index >= 15 is 0 Å². The van der Waals surface area contributed by atoms with Gasteiger partial charge in [-0.3, -0.25) is 0 Å². The third-order valence-electron chi connectivity index (χ3n) is 2.79. The number of carboxylic acid groups (broad SMARTS) is 1. The van der Waals surface area contributed by atoms with Crippen LogP contribution in [0.5, 0.6) is 5.75 Å². The molecule has 0 spiro atoms. The number of halogens is 1. The minimum atomic E-state index is -1.13. The van der Waals surface area contributed by atoms with E-state index in [-0.39, 0.29) is 23.0 Å². The molecule has 1 heterocycles. The van der Waals surface area contributed by atoms with Crippen LogP contribution in [0, 0.1) is 0 Å². The number of aromatic carboxylic acids is 1. The highest BCUT2D eigenvalue weighted by molar-refractivity contribution is 6.32. The van der Waals surface area contributed by atoms with Gasteiger partial charge in [-0.1, -0.05) is 11.6 Å². The van der Waals surface area contributed by atoms with E-state index in [0.717, 1.165) is 5.75 Å². The predicted octanol–water partition coefficient (Wildman–Crippen LogP) is 2.77. The smallest absolute Gasteiger partial charge is 0.340 e. The normalized spacial score (nSPS) is 10.6. The predicted molar refractivity (Wildman–Crippen MR) is 77.4 cm³/mol. The van der Waals surface area contributed by atoms with E-state index in [9.17, 15) is 9.90 Å². The standard InChI is InChI=1S/C14H15ClN2O4/c1-3-21-10-6-4-9(5-7-10)17-13(15)12(14(18)19)11(16-17)8-20-2/h4-7H,3,8H2,1-2H3,(H,18,19). The lowest BCUT2D eigenvalue weighted by Gasteiger charge is -2.06. The van der Waals surface area contributed by atoms with Crippen molar-refractivity contribution in [2.24, 2.45) is 0 Å². The Morgan fingerprint density at radius 2 is 2.05 bits per heavy atom. The molecule has 0 aliphatic carbocycles. The second-order valence-electron chi connectivity index (χ2n) is 4.19. The minimum Gasteiger partial charge on any atom is -0.494 e. The molecule has 0 unspecified atom stereocenters. The van der Waals surface area contributed by atoms with Crippen LogP contribution in [0.15, 0.2) is 24.3 Å². The van der Waals surface area contributed by atoms with Crippen LogP contribution < -0.4 is 4.74 Å². The Bertz CT molecular complexity index is 637. The molecule has 1 N–H and O–H groups in total. The second kappa shape index (κ2) is 6.60. The molecule has 0 bridgehead atoms. The van der Waals surface area contributed by atoms with Crippen molar-refractivity contribution < 1.29 is 19.4 Å². The van der Waals surface area contributed by atoms with Gasteiger partial charge < -0.3 is 14.6 Å². The number of hydrogen-bond donors (Lipinski definition) is 1. The van der Waals surface area contributed by atoms with Gasteiger partial charge in [0.15, 0.2) is 0 Å². The molecule has 1 aromatic carbocycles. The van der Waals surface area contributed by atoms with Gasteiger partial charge in [-0.15, -0.1) is 0 Å². The number of nitrogens with zero attached hydrogens (tertiary/aromatic N) is 2. The van der Waals surface area contributed by atoms with Gasteiger partial charge in [0.25, 0.3) is 0 Å². The maximum Gasteiger partial charge on any atom is 0.340 e. The number of aromatic nitrogens is 2. The third kappa shape index (κ3) is 3.17. The van der Waals surface area contributed by atoms with Gasteiger partial charge in [0.1, 0.15) is 22.2 Å². The first-order chi connectivity index (χ1) is 10.1. The fraction of sp³-hybridized carbons (Fsp3) is 0.286. The first-order valence-corrected chi connectivity index (χ1v) is 6.69. The van der Waals surface area contributed by atoms with Crippen LogP contribution in [0.3, 0.4) is 0 Å². The maximum absolute atomic E-state index is 11.3. The molecule has 0 saturated heterocycles. The molecule has 0 radical (unpaired) electrons. The summed E-state index contributed by atoms with van der Waals surface area (Å²) in [6, 6.07) is 7.05. The number of benzene rings is 1. The summed E-state index contributed by atoms with van der Waals surface area (Å²) in [5, 5.41) is 13.5. The Kier molecular flexibility index (Phi) is 4.82. The summed E-state index contributed by atoms with van der Waals surface area (Å²) in [5.41, 5.74) is 0.879. The summed E-state index contributed by atoms with van der Waals surface area (Å²) in [7, 11) is 1.47. The average Bonchev–Trinajstić information content (AvgIpc) is 2.77. The van der Waals surface area contributed by atoms with Crippen molar-refractivity contribution in [2.75, 3.05) is 13.7 Å². The summed E-state index contributed by atoms with van der Waals surface area (Å²) in [6.45, 7) is 2.54. The summed E-state index contributed by atoms with van der Waals surface area (Å²) in [4.78, 5) is 11.3. The number of ether oxygens (including phenoxy) is 2. The SMILES string of the molecule is CCOc1ccc(-n2nc(COC)c(C(=O)O)c2Cl)cc1.